The van der Waals surface area contributed by atoms with Crippen molar-refractivity contribution in [3.63, 3.8) is 0 Å². The molecule has 2 fully saturated rings. The summed E-state index contributed by atoms with van der Waals surface area (Å²) < 4.78 is 5.14. The molecule has 1 saturated heterocycles. The molecule has 0 aromatic carbocycles. The van der Waals surface area contributed by atoms with Gasteiger partial charge >= 0.3 is 0 Å². The maximum absolute atomic E-state index is 9.60. The number of aliphatic hydroxyl groups excluding tert-OH is 2. The molecular formula is C10H19NO3. The first-order valence-corrected chi connectivity index (χ1v) is 5.44. The standard InChI is InChI=1S/C10H19NO3/c12-9-3-1-2-7(9)4-11-8-5-14-6-10(8)13/h7-13H,1-6H2. The number of ether oxygens (including phenoxy) is 1. The molecule has 4 heteroatoms. The number of hydrogen-bond donors (Lipinski definition) is 3. The quantitative estimate of drug-likeness (QED) is 0.576. The van der Waals surface area contributed by atoms with Crippen molar-refractivity contribution in [2.75, 3.05) is 19.8 Å². The third kappa shape index (κ3) is 2.25. The number of nitrogens with one attached hydrogen (secondary N) is 1. The average Bonchev–Trinajstić information content (AvgIpc) is 2.72. The first-order chi connectivity index (χ1) is 6.77. The van der Waals surface area contributed by atoms with Crippen molar-refractivity contribution >= 4 is 0 Å². The van der Waals surface area contributed by atoms with Crippen LogP contribution in [0.2, 0.25) is 0 Å². The smallest absolute Gasteiger partial charge is 0.0948 e. The highest BCUT2D eigenvalue weighted by Crippen LogP contribution is 2.24. The summed E-state index contributed by atoms with van der Waals surface area (Å²) in [7, 11) is 0. The summed E-state index contributed by atoms with van der Waals surface area (Å²) in [5.74, 6) is 0.364. The Morgan fingerprint density at radius 2 is 2.00 bits per heavy atom. The van der Waals surface area contributed by atoms with Crippen molar-refractivity contribution in [2.24, 2.45) is 5.92 Å². The van der Waals surface area contributed by atoms with Crippen LogP contribution in [0.4, 0.5) is 0 Å². The minimum absolute atomic E-state index is 0.0581. The first-order valence-electron chi connectivity index (χ1n) is 5.44. The van der Waals surface area contributed by atoms with Gasteiger partial charge in [0.15, 0.2) is 0 Å². The SMILES string of the molecule is OC1CCCC1CNC1COCC1O. The highest BCUT2D eigenvalue weighted by molar-refractivity contribution is 4.84. The molecule has 1 saturated carbocycles. The van der Waals surface area contributed by atoms with E-state index in [-0.39, 0.29) is 18.2 Å². The Bertz CT molecular complexity index is 168. The van der Waals surface area contributed by atoms with Gasteiger partial charge in [0.2, 0.25) is 0 Å². The summed E-state index contributed by atoms with van der Waals surface area (Å²) in [5.41, 5.74) is 0. The highest BCUT2D eigenvalue weighted by Gasteiger charge is 2.29. The highest BCUT2D eigenvalue weighted by atomic mass is 16.5. The van der Waals surface area contributed by atoms with Crippen molar-refractivity contribution in [2.45, 2.75) is 37.5 Å². The molecule has 0 spiro atoms. The summed E-state index contributed by atoms with van der Waals surface area (Å²) >= 11 is 0. The monoisotopic (exact) mass is 201 g/mol. The van der Waals surface area contributed by atoms with Crippen molar-refractivity contribution in [1.82, 2.24) is 5.32 Å². The van der Waals surface area contributed by atoms with E-state index in [2.05, 4.69) is 5.32 Å². The van der Waals surface area contributed by atoms with Gasteiger partial charge in [0, 0.05) is 6.54 Å². The van der Waals surface area contributed by atoms with Crippen LogP contribution in [0.25, 0.3) is 0 Å². The van der Waals surface area contributed by atoms with Crippen LogP contribution >= 0.6 is 0 Å². The number of aliphatic hydroxyl groups is 2. The third-order valence-electron chi connectivity index (χ3n) is 3.31. The normalized spacial score (nSPS) is 43.3. The first kappa shape index (κ1) is 10.4. The van der Waals surface area contributed by atoms with Crippen LogP contribution in [0.1, 0.15) is 19.3 Å². The third-order valence-corrected chi connectivity index (χ3v) is 3.31. The molecule has 1 aliphatic heterocycles. The summed E-state index contributed by atoms with van der Waals surface area (Å²) in [5, 5.41) is 22.3. The van der Waals surface area contributed by atoms with E-state index in [0.717, 1.165) is 25.8 Å². The van der Waals surface area contributed by atoms with E-state index < -0.39 is 0 Å². The predicted octanol–water partition coefficient (Wildman–Crippen LogP) is -0.503. The molecular weight excluding hydrogens is 182 g/mol. The molecule has 4 atom stereocenters. The second-order valence-electron chi connectivity index (χ2n) is 4.38. The molecule has 0 aromatic rings. The lowest BCUT2D eigenvalue weighted by atomic mass is 10.1. The van der Waals surface area contributed by atoms with Gasteiger partial charge in [-0.3, -0.25) is 0 Å². The van der Waals surface area contributed by atoms with Crippen LogP contribution < -0.4 is 5.32 Å². The minimum atomic E-state index is -0.381. The lowest BCUT2D eigenvalue weighted by Gasteiger charge is -2.19. The van der Waals surface area contributed by atoms with E-state index in [1.165, 1.54) is 0 Å². The molecule has 3 N–H and O–H groups in total. The summed E-state index contributed by atoms with van der Waals surface area (Å²) in [6.07, 6.45) is 2.61. The van der Waals surface area contributed by atoms with Crippen LogP contribution in [0.5, 0.6) is 0 Å². The van der Waals surface area contributed by atoms with E-state index in [9.17, 15) is 10.2 Å². The predicted molar refractivity (Wildman–Crippen MR) is 52.0 cm³/mol. The molecule has 1 aliphatic carbocycles. The summed E-state index contributed by atoms with van der Waals surface area (Å²) in [4.78, 5) is 0. The van der Waals surface area contributed by atoms with Gasteiger partial charge in [0.05, 0.1) is 31.5 Å². The van der Waals surface area contributed by atoms with E-state index in [1.54, 1.807) is 0 Å². The van der Waals surface area contributed by atoms with Gasteiger partial charge < -0.3 is 20.3 Å². The van der Waals surface area contributed by atoms with E-state index >= 15 is 0 Å². The van der Waals surface area contributed by atoms with Gasteiger partial charge in [-0.25, -0.2) is 0 Å². The molecule has 14 heavy (non-hydrogen) atoms. The Balaban J connectivity index is 1.71. The van der Waals surface area contributed by atoms with Crippen molar-refractivity contribution < 1.29 is 14.9 Å². The van der Waals surface area contributed by atoms with Gasteiger partial charge in [0.25, 0.3) is 0 Å². The zero-order valence-electron chi connectivity index (χ0n) is 8.35. The lowest BCUT2D eigenvalue weighted by molar-refractivity contribution is 0.114. The fourth-order valence-corrected chi connectivity index (χ4v) is 2.30. The molecule has 0 radical (unpaired) electrons. The second-order valence-corrected chi connectivity index (χ2v) is 4.38. The largest absolute Gasteiger partial charge is 0.393 e. The summed E-state index contributed by atoms with van der Waals surface area (Å²) in [6.45, 7) is 1.82. The zero-order valence-corrected chi connectivity index (χ0v) is 8.35. The van der Waals surface area contributed by atoms with Gasteiger partial charge in [-0.05, 0) is 18.8 Å². The molecule has 2 aliphatic rings. The minimum Gasteiger partial charge on any atom is -0.393 e. The Morgan fingerprint density at radius 3 is 2.57 bits per heavy atom. The Kier molecular flexibility index (Phi) is 3.38. The molecule has 82 valence electrons. The zero-order chi connectivity index (χ0) is 9.97. The molecule has 0 aromatic heterocycles. The molecule has 0 amide bonds. The van der Waals surface area contributed by atoms with Crippen LogP contribution in [0, 0.1) is 5.92 Å². The molecule has 4 unspecified atom stereocenters. The fourth-order valence-electron chi connectivity index (χ4n) is 2.30. The molecule has 4 nitrogen and oxygen atoms in total. The van der Waals surface area contributed by atoms with Crippen molar-refractivity contribution in [3.05, 3.63) is 0 Å². The number of hydrogen-bond acceptors (Lipinski definition) is 4. The van der Waals surface area contributed by atoms with Gasteiger partial charge in [-0.15, -0.1) is 0 Å². The topological polar surface area (TPSA) is 61.7 Å². The second kappa shape index (κ2) is 4.57. The van der Waals surface area contributed by atoms with Crippen LogP contribution in [-0.4, -0.2) is 48.2 Å². The molecule has 2 rings (SSSR count). The maximum atomic E-state index is 9.60. The lowest BCUT2D eigenvalue weighted by Crippen LogP contribution is -2.42. The molecule has 0 bridgehead atoms. The van der Waals surface area contributed by atoms with E-state index in [1.807, 2.05) is 0 Å². The fraction of sp³-hybridized carbons (Fsp3) is 1.00. The average molecular weight is 201 g/mol. The van der Waals surface area contributed by atoms with Gasteiger partial charge in [-0.2, -0.15) is 0 Å². The number of rotatable bonds is 3. The van der Waals surface area contributed by atoms with Crippen molar-refractivity contribution in [3.8, 4) is 0 Å². The van der Waals surface area contributed by atoms with Crippen LogP contribution in [-0.2, 0) is 4.74 Å². The molecule has 1 heterocycles. The van der Waals surface area contributed by atoms with Crippen molar-refractivity contribution in [1.29, 1.82) is 0 Å². The Hall–Kier alpha value is -0.160. The van der Waals surface area contributed by atoms with Crippen LogP contribution in [0.3, 0.4) is 0 Å². The maximum Gasteiger partial charge on any atom is 0.0948 e. The van der Waals surface area contributed by atoms with E-state index in [0.29, 0.717) is 19.1 Å². The Morgan fingerprint density at radius 1 is 1.14 bits per heavy atom. The Labute approximate surface area is 84.3 Å². The van der Waals surface area contributed by atoms with E-state index in [4.69, 9.17) is 4.74 Å². The van der Waals surface area contributed by atoms with Gasteiger partial charge in [-0.1, -0.05) is 6.42 Å². The summed E-state index contributed by atoms with van der Waals surface area (Å²) in [6, 6.07) is 0.0581. The van der Waals surface area contributed by atoms with Crippen LogP contribution in [0.15, 0.2) is 0 Å². The van der Waals surface area contributed by atoms with Gasteiger partial charge in [0.1, 0.15) is 0 Å².